The number of imide groups is 1. The van der Waals surface area contributed by atoms with Gasteiger partial charge in [0, 0.05) is 28.3 Å². The smallest absolute Gasteiger partial charge is 0.339 e. The highest BCUT2D eigenvalue weighted by Gasteiger charge is 2.33. The number of hydrogen-bond acceptors (Lipinski definition) is 6. The predicted octanol–water partition coefficient (Wildman–Crippen LogP) is 3.27. The molecule has 1 fully saturated rings. The second kappa shape index (κ2) is 9.59. The summed E-state index contributed by atoms with van der Waals surface area (Å²) in [6.07, 6.45) is 2.96. The summed E-state index contributed by atoms with van der Waals surface area (Å²) in [7, 11) is 0. The van der Waals surface area contributed by atoms with Crippen molar-refractivity contribution in [2.45, 2.75) is 39.2 Å². The number of fused-ring (bicyclic) bond motifs is 2. The van der Waals surface area contributed by atoms with Gasteiger partial charge in [0.1, 0.15) is 0 Å². The molecule has 0 saturated heterocycles. The Morgan fingerprint density at radius 2 is 1.59 bits per heavy atom. The first-order chi connectivity index (χ1) is 16.3. The van der Waals surface area contributed by atoms with Gasteiger partial charge in [0.05, 0.1) is 5.56 Å². The summed E-state index contributed by atoms with van der Waals surface area (Å²) in [6, 6.07) is 10.1. The van der Waals surface area contributed by atoms with E-state index >= 15 is 0 Å². The number of carbonyl (C=O) groups excluding carboxylic acids is 5. The van der Waals surface area contributed by atoms with E-state index in [1.165, 1.54) is 24.3 Å². The van der Waals surface area contributed by atoms with Crippen LogP contribution in [-0.4, -0.2) is 42.1 Å². The lowest BCUT2D eigenvalue weighted by Crippen LogP contribution is -2.49. The Balaban J connectivity index is 1.39. The number of urea groups is 1. The van der Waals surface area contributed by atoms with Crippen LogP contribution < -0.4 is 10.6 Å². The molecule has 4 rings (SSSR count). The van der Waals surface area contributed by atoms with E-state index in [1.54, 1.807) is 18.2 Å². The Hall–Kier alpha value is -3.81. The zero-order chi connectivity index (χ0) is 24.4. The van der Waals surface area contributed by atoms with Crippen molar-refractivity contribution in [3.05, 3.63) is 70.3 Å². The van der Waals surface area contributed by atoms with Gasteiger partial charge in [0.2, 0.25) is 0 Å². The Bertz CT molecular complexity index is 1190. The highest BCUT2D eigenvalue weighted by Crippen LogP contribution is 2.30. The number of carbonyl (C=O) groups is 5. The molecule has 0 aromatic heterocycles. The third-order valence-electron chi connectivity index (χ3n) is 6.78. The normalized spacial score (nSPS) is 21.2. The minimum atomic E-state index is -0.928. The number of ether oxygens (including phenoxy) is 1. The molecule has 0 radical (unpaired) electrons. The van der Waals surface area contributed by atoms with Crippen LogP contribution in [0.2, 0.25) is 0 Å². The fourth-order valence-electron chi connectivity index (χ4n) is 4.68. The van der Waals surface area contributed by atoms with Gasteiger partial charge in [-0.25, -0.2) is 9.59 Å². The highest BCUT2D eigenvalue weighted by atomic mass is 16.5. The Kier molecular flexibility index (Phi) is 6.58. The van der Waals surface area contributed by atoms with Crippen LogP contribution in [0.3, 0.4) is 0 Å². The van der Waals surface area contributed by atoms with Gasteiger partial charge < -0.3 is 10.1 Å². The molecule has 2 aliphatic carbocycles. The maximum absolute atomic E-state index is 13.0. The third-order valence-corrected chi connectivity index (χ3v) is 6.78. The average Bonchev–Trinajstić information content (AvgIpc) is 2.83. The second-order valence-corrected chi connectivity index (χ2v) is 8.90. The summed E-state index contributed by atoms with van der Waals surface area (Å²) >= 11 is 0. The van der Waals surface area contributed by atoms with Gasteiger partial charge in [-0.05, 0) is 24.3 Å². The van der Waals surface area contributed by atoms with Crippen molar-refractivity contribution in [3.63, 3.8) is 0 Å². The van der Waals surface area contributed by atoms with Gasteiger partial charge in [-0.3, -0.25) is 19.7 Å². The molecule has 176 valence electrons. The van der Waals surface area contributed by atoms with Crippen LogP contribution in [0.25, 0.3) is 0 Å². The van der Waals surface area contributed by atoms with E-state index in [0.717, 1.165) is 19.3 Å². The third kappa shape index (κ3) is 4.48. The number of hydrogen-bond donors (Lipinski definition) is 2. The summed E-state index contributed by atoms with van der Waals surface area (Å²) in [5.41, 5.74) is 0.443. The van der Waals surface area contributed by atoms with Gasteiger partial charge >= 0.3 is 12.0 Å². The van der Waals surface area contributed by atoms with Crippen molar-refractivity contribution in [3.8, 4) is 0 Å². The van der Waals surface area contributed by atoms with Crippen molar-refractivity contribution < 1.29 is 28.7 Å². The fraction of sp³-hybridized carbons (Fsp3) is 0.346. The summed E-state index contributed by atoms with van der Waals surface area (Å²) in [5, 5.41) is 4.99. The van der Waals surface area contributed by atoms with Crippen molar-refractivity contribution in [1.29, 1.82) is 0 Å². The molecule has 0 heterocycles. The topological polar surface area (TPSA) is 119 Å². The average molecular weight is 463 g/mol. The van der Waals surface area contributed by atoms with E-state index in [1.807, 2.05) is 0 Å². The zero-order valence-electron chi connectivity index (χ0n) is 19.1. The fourth-order valence-corrected chi connectivity index (χ4v) is 4.68. The second-order valence-electron chi connectivity index (χ2n) is 8.90. The monoisotopic (exact) mass is 462 g/mol. The number of rotatable bonds is 4. The number of ketones is 2. The van der Waals surface area contributed by atoms with Gasteiger partial charge in [-0.1, -0.05) is 63.1 Å². The standard InChI is InChI=1S/C26H26N2O6/c1-14-7-5-12-20(15(14)2)27-26(33)28-21(29)13-34-25(32)19-11-6-10-18-22(19)24(31)17-9-4-3-8-16(17)23(18)30/h3-4,6,8-11,14-15,20H,5,7,12-13H2,1-2H3,(H2,27,28,29,33)/t14-,15+,20+/m1/s1. The number of nitrogens with one attached hydrogen (secondary N) is 2. The van der Waals surface area contributed by atoms with Gasteiger partial charge in [-0.15, -0.1) is 0 Å². The largest absolute Gasteiger partial charge is 0.452 e. The number of benzene rings is 2. The van der Waals surface area contributed by atoms with Crippen molar-refractivity contribution in [2.75, 3.05) is 6.61 Å². The maximum atomic E-state index is 13.0. The molecule has 2 aromatic carbocycles. The molecule has 3 amide bonds. The quantitative estimate of drug-likeness (QED) is 0.575. The van der Waals surface area contributed by atoms with Gasteiger partial charge in [0.25, 0.3) is 5.91 Å². The predicted molar refractivity (Wildman–Crippen MR) is 123 cm³/mol. The van der Waals surface area contributed by atoms with E-state index in [0.29, 0.717) is 11.8 Å². The van der Waals surface area contributed by atoms with Crippen LogP contribution in [0.4, 0.5) is 4.79 Å². The molecule has 0 spiro atoms. The van der Waals surface area contributed by atoms with Crippen molar-refractivity contribution >= 4 is 29.5 Å². The lowest BCUT2D eigenvalue weighted by atomic mass is 9.78. The van der Waals surface area contributed by atoms with Crippen molar-refractivity contribution in [2.24, 2.45) is 11.8 Å². The summed E-state index contributed by atoms with van der Waals surface area (Å²) < 4.78 is 5.06. The van der Waals surface area contributed by atoms with Crippen LogP contribution in [0.15, 0.2) is 42.5 Å². The first-order valence-electron chi connectivity index (χ1n) is 11.4. The van der Waals surface area contributed by atoms with Gasteiger partial charge in [-0.2, -0.15) is 0 Å². The number of amides is 3. The molecule has 2 N–H and O–H groups in total. The van der Waals surface area contributed by atoms with Crippen LogP contribution >= 0.6 is 0 Å². The molecule has 0 aliphatic heterocycles. The van der Waals surface area contributed by atoms with Gasteiger partial charge in [0.15, 0.2) is 18.2 Å². The Morgan fingerprint density at radius 1 is 0.912 bits per heavy atom. The van der Waals surface area contributed by atoms with E-state index in [2.05, 4.69) is 24.5 Å². The Labute approximate surface area is 197 Å². The summed E-state index contributed by atoms with van der Waals surface area (Å²) in [4.78, 5) is 62.9. The minimum absolute atomic E-state index is 0.0265. The first kappa shape index (κ1) is 23.4. The van der Waals surface area contributed by atoms with E-state index in [4.69, 9.17) is 4.74 Å². The van der Waals surface area contributed by atoms with Crippen LogP contribution in [0, 0.1) is 11.8 Å². The molecular formula is C26H26N2O6. The maximum Gasteiger partial charge on any atom is 0.339 e. The van der Waals surface area contributed by atoms with Crippen LogP contribution in [-0.2, 0) is 9.53 Å². The van der Waals surface area contributed by atoms with E-state index < -0.39 is 30.3 Å². The molecule has 3 atom stereocenters. The zero-order valence-corrected chi connectivity index (χ0v) is 19.1. The lowest BCUT2D eigenvalue weighted by Gasteiger charge is -2.34. The molecule has 2 aromatic rings. The molecule has 1 saturated carbocycles. The molecule has 2 aliphatic rings. The lowest BCUT2D eigenvalue weighted by molar-refractivity contribution is -0.123. The van der Waals surface area contributed by atoms with E-state index in [-0.39, 0.29) is 39.6 Å². The molecule has 0 unspecified atom stereocenters. The minimum Gasteiger partial charge on any atom is -0.452 e. The molecule has 8 heteroatoms. The van der Waals surface area contributed by atoms with Crippen LogP contribution in [0.5, 0.6) is 0 Å². The molecule has 0 bridgehead atoms. The Morgan fingerprint density at radius 3 is 2.32 bits per heavy atom. The number of esters is 1. The first-order valence-corrected chi connectivity index (χ1v) is 11.4. The van der Waals surface area contributed by atoms with Crippen LogP contribution in [0.1, 0.15) is 75.3 Å². The SMILES string of the molecule is C[C@H]1[C@H](C)CCC[C@@H]1NC(=O)NC(=O)COC(=O)c1cccc2c1C(=O)c1ccccc1C2=O. The van der Waals surface area contributed by atoms with E-state index in [9.17, 15) is 24.0 Å². The summed E-state index contributed by atoms with van der Waals surface area (Å²) in [5.74, 6) is -1.77. The molecule has 34 heavy (non-hydrogen) atoms. The molecular weight excluding hydrogens is 436 g/mol. The highest BCUT2D eigenvalue weighted by molar-refractivity contribution is 6.30. The molecule has 8 nitrogen and oxygen atoms in total. The van der Waals surface area contributed by atoms with Crippen molar-refractivity contribution in [1.82, 2.24) is 10.6 Å². The summed E-state index contributed by atoms with van der Waals surface area (Å²) in [6.45, 7) is 3.51.